The van der Waals surface area contributed by atoms with Crippen LogP contribution in [0.15, 0.2) is 6.07 Å². The van der Waals surface area contributed by atoms with Crippen molar-refractivity contribution in [2.75, 3.05) is 19.0 Å². The van der Waals surface area contributed by atoms with Gasteiger partial charge in [0.15, 0.2) is 12.3 Å². The molecule has 0 unspecified atom stereocenters. The lowest BCUT2D eigenvalue weighted by molar-refractivity contribution is -0.118. The number of pyridine rings is 1. The van der Waals surface area contributed by atoms with E-state index in [1.165, 1.54) is 18.4 Å². The first-order valence-electron chi connectivity index (χ1n) is 8.64. The highest BCUT2D eigenvalue weighted by Crippen LogP contribution is 2.33. The van der Waals surface area contributed by atoms with Crippen molar-refractivity contribution < 1.29 is 19.1 Å². The predicted molar refractivity (Wildman–Crippen MR) is 107 cm³/mol. The van der Waals surface area contributed by atoms with Crippen molar-refractivity contribution in [1.82, 2.24) is 14.8 Å². The molecule has 0 atom stereocenters. The van der Waals surface area contributed by atoms with Gasteiger partial charge in [0.25, 0.3) is 5.91 Å². The molecule has 3 rings (SSSR count). The van der Waals surface area contributed by atoms with E-state index in [9.17, 15) is 9.59 Å². The summed E-state index contributed by atoms with van der Waals surface area (Å²) < 4.78 is 12.1. The molecule has 148 valence electrons. The molecule has 0 saturated carbocycles. The Morgan fingerprint density at radius 1 is 1.25 bits per heavy atom. The quantitative estimate of drug-likeness (QED) is 0.659. The smallest absolute Gasteiger partial charge is 0.341 e. The molecule has 1 N–H and O–H groups in total. The van der Waals surface area contributed by atoms with E-state index in [-0.39, 0.29) is 12.5 Å². The van der Waals surface area contributed by atoms with Gasteiger partial charge >= 0.3 is 5.97 Å². The summed E-state index contributed by atoms with van der Waals surface area (Å²) in [5.74, 6) is -0.516. The van der Waals surface area contributed by atoms with Gasteiger partial charge < -0.3 is 14.8 Å². The summed E-state index contributed by atoms with van der Waals surface area (Å²) in [6.07, 6.45) is 0. The Labute approximate surface area is 166 Å². The molecule has 28 heavy (non-hydrogen) atoms. The van der Waals surface area contributed by atoms with Crippen LogP contribution in [0, 0.1) is 27.7 Å². The first-order chi connectivity index (χ1) is 13.2. The average molecular weight is 402 g/mol. The van der Waals surface area contributed by atoms with Crippen molar-refractivity contribution >= 4 is 39.2 Å². The Balaban J connectivity index is 1.79. The van der Waals surface area contributed by atoms with Gasteiger partial charge in [-0.15, -0.1) is 16.4 Å². The third kappa shape index (κ3) is 3.57. The van der Waals surface area contributed by atoms with E-state index in [4.69, 9.17) is 9.47 Å². The topological polar surface area (TPSA) is 95.3 Å². The fourth-order valence-corrected chi connectivity index (χ4v) is 4.07. The maximum atomic E-state index is 12.4. The molecule has 0 aliphatic heterocycles. The minimum Gasteiger partial charge on any atom is -0.466 e. The molecule has 0 aliphatic carbocycles. The van der Waals surface area contributed by atoms with Crippen molar-refractivity contribution in [3.63, 3.8) is 0 Å². The lowest BCUT2D eigenvalue weighted by Gasteiger charge is -2.07. The SMILES string of the molecule is COC(=O)c1c(NC(=O)COc2nn(C)c3nc(C)cc(C)c23)sc(C)c1C. The molecule has 3 heterocycles. The van der Waals surface area contributed by atoms with Gasteiger partial charge in [-0.25, -0.2) is 14.5 Å². The van der Waals surface area contributed by atoms with Gasteiger partial charge in [-0.3, -0.25) is 4.79 Å². The largest absolute Gasteiger partial charge is 0.466 e. The van der Waals surface area contributed by atoms with Crippen molar-refractivity contribution in [1.29, 1.82) is 0 Å². The predicted octanol–water partition coefficient (Wildman–Crippen LogP) is 3.07. The minimum absolute atomic E-state index is 0.240. The van der Waals surface area contributed by atoms with Crippen LogP contribution in [0.5, 0.6) is 5.88 Å². The number of carbonyl (C=O) groups is 2. The Morgan fingerprint density at radius 3 is 2.64 bits per heavy atom. The zero-order chi connectivity index (χ0) is 20.6. The first-order valence-corrected chi connectivity index (χ1v) is 9.46. The molecular formula is C19H22N4O4S. The maximum Gasteiger partial charge on any atom is 0.341 e. The van der Waals surface area contributed by atoms with E-state index in [0.717, 1.165) is 27.1 Å². The highest BCUT2D eigenvalue weighted by Gasteiger charge is 2.22. The molecule has 0 fully saturated rings. The number of hydrogen-bond acceptors (Lipinski definition) is 7. The number of anilines is 1. The lowest BCUT2D eigenvalue weighted by Crippen LogP contribution is -2.21. The molecule has 3 aromatic rings. The molecule has 0 aliphatic rings. The number of ether oxygens (including phenoxy) is 2. The van der Waals surface area contributed by atoms with Gasteiger partial charge in [0.05, 0.1) is 18.1 Å². The molecule has 3 aromatic heterocycles. The van der Waals surface area contributed by atoms with Gasteiger partial charge in [0.2, 0.25) is 5.88 Å². The van der Waals surface area contributed by atoms with E-state index in [1.807, 2.05) is 33.8 Å². The summed E-state index contributed by atoms with van der Waals surface area (Å²) in [6, 6.07) is 1.94. The van der Waals surface area contributed by atoms with Crippen LogP contribution >= 0.6 is 11.3 Å². The number of methoxy groups -OCH3 is 1. The van der Waals surface area contributed by atoms with Gasteiger partial charge in [-0.1, -0.05) is 0 Å². The summed E-state index contributed by atoms with van der Waals surface area (Å²) in [5.41, 5.74) is 3.72. The standard InChI is InChI=1S/C19H22N4O4S/c1-9-7-10(2)20-16-14(9)17(22-23(16)5)27-8-13(24)21-18-15(19(25)26-6)11(3)12(4)28-18/h7H,8H2,1-6H3,(H,21,24). The van der Waals surface area contributed by atoms with E-state index in [2.05, 4.69) is 15.4 Å². The van der Waals surface area contributed by atoms with E-state index in [1.54, 1.807) is 11.7 Å². The van der Waals surface area contributed by atoms with Crippen LogP contribution in [0.3, 0.4) is 0 Å². The number of fused-ring (bicyclic) bond motifs is 1. The second kappa shape index (κ2) is 7.59. The normalized spacial score (nSPS) is 10.9. The molecule has 0 bridgehead atoms. The number of amides is 1. The summed E-state index contributed by atoms with van der Waals surface area (Å²) >= 11 is 1.33. The zero-order valence-electron chi connectivity index (χ0n) is 16.7. The summed E-state index contributed by atoms with van der Waals surface area (Å²) in [4.78, 5) is 29.9. The number of esters is 1. The van der Waals surface area contributed by atoms with Crippen LogP contribution in [0.25, 0.3) is 11.0 Å². The summed E-state index contributed by atoms with van der Waals surface area (Å²) in [6.45, 7) is 7.33. The fourth-order valence-electron chi connectivity index (χ4n) is 3.01. The van der Waals surface area contributed by atoms with Crippen molar-refractivity contribution in [3.8, 4) is 5.88 Å². The van der Waals surface area contributed by atoms with E-state index in [0.29, 0.717) is 22.1 Å². The van der Waals surface area contributed by atoms with Gasteiger partial charge in [0.1, 0.15) is 5.00 Å². The van der Waals surface area contributed by atoms with E-state index >= 15 is 0 Å². The Morgan fingerprint density at radius 2 is 1.96 bits per heavy atom. The Hall–Kier alpha value is -2.94. The van der Waals surface area contributed by atoms with Crippen molar-refractivity contribution in [2.45, 2.75) is 27.7 Å². The lowest BCUT2D eigenvalue weighted by atomic mass is 10.1. The molecule has 0 aromatic carbocycles. The number of hydrogen-bond donors (Lipinski definition) is 1. The fraction of sp³-hybridized carbons (Fsp3) is 0.368. The first kappa shape index (κ1) is 19.8. The number of thiophene rings is 1. The maximum absolute atomic E-state index is 12.4. The van der Waals surface area contributed by atoms with Crippen molar-refractivity contribution in [3.05, 3.63) is 33.3 Å². The second-order valence-corrected chi connectivity index (χ2v) is 7.75. The number of nitrogens with zero attached hydrogens (tertiary/aromatic N) is 3. The molecule has 8 nitrogen and oxygen atoms in total. The monoisotopic (exact) mass is 402 g/mol. The number of aryl methyl sites for hydroxylation is 4. The van der Waals surface area contributed by atoms with Crippen LogP contribution < -0.4 is 10.1 Å². The number of aromatic nitrogens is 3. The van der Waals surface area contributed by atoms with Gasteiger partial charge in [-0.05, 0) is 44.9 Å². The zero-order valence-corrected chi connectivity index (χ0v) is 17.5. The number of nitrogens with one attached hydrogen (secondary N) is 1. The highest BCUT2D eigenvalue weighted by molar-refractivity contribution is 7.16. The summed E-state index contributed by atoms with van der Waals surface area (Å²) in [5, 5.41) is 8.30. The third-order valence-electron chi connectivity index (χ3n) is 4.45. The van der Waals surface area contributed by atoms with Crippen LogP contribution in [-0.2, 0) is 16.6 Å². The molecule has 9 heteroatoms. The van der Waals surface area contributed by atoms with Crippen LogP contribution in [0.2, 0.25) is 0 Å². The molecule has 0 saturated heterocycles. The number of carbonyl (C=O) groups excluding carboxylic acids is 2. The molecule has 1 amide bonds. The van der Waals surface area contributed by atoms with E-state index < -0.39 is 5.97 Å². The van der Waals surface area contributed by atoms with Crippen LogP contribution in [0.4, 0.5) is 5.00 Å². The molecule has 0 spiro atoms. The van der Waals surface area contributed by atoms with Crippen molar-refractivity contribution in [2.24, 2.45) is 7.05 Å². The Kier molecular flexibility index (Phi) is 5.37. The molecular weight excluding hydrogens is 380 g/mol. The molecule has 0 radical (unpaired) electrons. The minimum atomic E-state index is -0.481. The van der Waals surface area contributed by atoms with Gasteiger partial charge in [0, 0.05) is 17.6 Å². The number of rotatable bonds is 5. The van der Waals surface area contributed by atoms with Crippen LogP contribution in [0.1, 0.15) is 32.1 Å². The van der Waals surface area contributed by atoms with Gasteiger partial charge in [-0.2, -0.15) is 0 Å². The summed E-state index contributed by atoms with van der Waals surface area (Å²) in [7, 11) is 3.09. The third-order valence-corrected chi connectivity index (χ3v) is 5.58. The Bertz CT molecular complexity index is 1080. The van der Waals surface area contributed by atoms with Crippen LogP contribution in [-0.4, -0.2) is 40.4 Å². The average Bonchev–Trinajstić information content (AvgIpc) is 3.09. The second-order valence-electron chi connectivity index (χ2n) is 6.52. The highest BCUT2D eigenvalue weighted by atomic mass is 32.1.